The highest BCUT2D eigenvalue weighted by atomic mass is 32.1. The van der Waals surface area contributed by atoms with Crippen molar-refractivity contribution in [2.24, 2.45) is 0 Å². The van der Waals surface area contributed by atoms with Crippen molar-refractivity contribution in [1.29, 1.82) is 0 Å². The summed E-state index contributed by atoms with van der Waals surface area (Å²) >= 11 is 1.41. The van der Waals surface area contributed by atoms with E-state index in [0.717, 1.165) is 23.0 Å². The van der Waals surface area contributed by atoms with Crippen molar-refractivity contribution in [2.75, 3.05) is 0 Å². The van der Waals surface area contributed by atoms with Crippen LogP contribution in [0.4, 0.5) is 0 Å². The number of thiophene rings is 1. The quantitative estimate of drug-likeness (QED) is 0.898. The van der Waals surface area contributed by atoms with Gasteiger partial charge in [0.15, 0.2) is 0 Å². The van der Waals surface area contributed by atoms with E-state index in [9.17, 15) is 14.4 Å². The number of nitrogens with zero attached hydrogens (tertiary/aromatic N) is 2. The molecule has 0 bridgehead atoms. The lowest BCUT2D eigenvalue weighted by atomic mass is 10.1. The third-order valence-electron chi connectivity index (χ3n) is 3.67. The van der Waals surface area contributed by atoms with Crippen LogP contribution in [0.3, 0.4) is 0 Å². The van der Waals surface area contributed by atoms with Crippen LogP contribution in [-0.2, 0) is 17.9 Å². The SMILES string of the molecule is CCCCn1c(=O)n(CC(=O)NC(C)(C)C)c(=O)c2c(C)csc21. The first-order valence-electron chi connectivity index (χ1n) is 8.18. The van der Waals surface area contributed by atoms with Crippen molar-refractivity contribution in [3.05, 3.63) is 31.8 Å². The summed E-state index contributed by atoms with van der Waals surface area (Å²) in [5, 5.41) is 5.22. The molecule has 0 fully saturated rings. The molecule has 0 aliphatic rings. The first-order chi connectivity index (χ1) is 11.2. The van der Waals surface area contributed by atoms with Crippen LogP contribution in [0.25, 0.3) is 10.2 Å². The Bertz CT molecular complexity index is 868. The van der Waals surface area contributed by atoms with Gasteiger partial charge in [-0.1, -0.05) is 13.3 Å². The number of amides is 1. The summed E-state index contributed by atoms with van der Waals surface area (Å²) < 4.78 is 2.68. The number of aryl methyl sites for hydroxylation is 2. The maximum absolute atomic E-state index is 12.8. The summed E-state index contributed by atoms with van der Waals surface area (Å²) in [7, 11) is 0. The molecule has 24 heavy (non-hydrogen) atoms. The Hall–Kier alpha value is -1.89. The summed E-state index contributed by atoms with van der Waals surface area (Å²) in [6, 6.07) is 0. The predicted molar refractivity (Wildman–Crippen MR) is 97.9 cm³/mol. The molecule has 0 aliphatic heterocycles. The second kappa shape index (κ2) is 6.93. The maximum atomic E-state index is 12.8. The monoisotopic (exact) mass is 351 g/mol. The minimum atomic E-state index is -0.412. The molecule has 1 N–H and O–H groups in total. The Morgan fingerprint density at radius 2 is 1.92 bits per heavy atom. The molecule has 2 aromatic heterocycles. The number of carbonyl (C=O) groups is 1. The van der Waals surface area contributed by atoms with E-state index in [-0.39, 0.29) is 18.0 Å². The van der Waals surface area contributed by atoms with Gasteiger partial charge in [-0.2, -0.15) is 0 Å². The lowest BCUT2D eigenvalue weighted by molar-refractivity contribution is -0.123. The lowest BCUT2D eigenvalue weighted by Gasteiger charge is -2.21. The molecule has 2 aromatic rings. The molecule has 0 aliphatic carbocycles. The molecule has 7 heteroatoms. The fourth-order valence-corrected chi connectivity index (χ4v) is 3.67. The van der Waals surface area contributed by atoms with E-state index in [2.05, 4.69) is 12.2 Å². The van der Waals surface area contributed by atoms with Crippen LogP contribution in [-0.4, -0.2) is 20.6 Å². The Morgan fingerprint density at radius 3 is 2.50 bits per heavy atom. The lowest BCUT2D eigenvalue weighted by Crippen LogP contribution is -2.47. The van der Waals surface area contributed by atoms with Crippen LogP contribution >= 0.6 is 11.3 Å². The molecule has 0 spiro atoms. The smallest absolute Gasteiger partial charge is 0.332 e. The number of rotatable bonds is 5. The number of unbranched alkanes of at least 4 members (excludes halogenated alkanes) is 1. The normalized spacial score (nSPS) is 11.9. The van der Waals surface area contributed by atoms with E-state index in [1.807, 2.05) is 33.1 Å². The molecule has 0 atom stereocenters. The Balaban J connectivity index is 2.57. The average Bonchev–Trinajstić information content (AvgIpc) is 2.83. The zero-order valence-electron chi connectivity index (χ0n) is 14.9. The maximum Gasteiger partial charge on any atom is 0.332 e. The van der Waals surface area contributed by atoms with E-state index in [1.165, 1.54) is 11.3 Å². The molecular weight excluding hydrogens is 326 g/mol. The van der Waals surface area contributed by atoms with E-state index in [1.54, 1.807) is 4.57 Å². The van der Waals surface area contributed by atoms with Crippen LogP contribution in [0.1, 0.15) is 46.1 Å². The molecule has 0 saturated carbocycles. The summed E-state index contributed by atoms with van der Waals surface area (Å²) in [4.78, 5) is 38.4. The number of hydrogen-bond acceptors (Lipinski definition) is 4. The summed E-state index contributed by atoms with van der Waals surface area (Å²) in [5.41, 5.74) is -0.364. The Kier molecular flexibility index (Phi) is 5.32. The fourth-order valence-electron chi connectivity index (χ4n) is 2.60. The first kappa shape index (κ1) is 18.4. The van der Waals surface area contributed by atoms with Gasteiger partial charge < -0.3 is 5.32 Å². The standard InChI is InChI=1S/C17H25N3O3S/c1-6-7-8-19-15-13(11(2)10-24-15)14(22)20(16(19)23)9-12(21)18-17(3,4)5/h10H,6-9H2,1-5H3,(H,18,21). The molecular formula is C17H25N3O3S. The van der Waals surface area contributed by atoms with E-state index in [4.69, 9.17) is 0 Å². The highest BCUT2D eigenvalue weighted by Gasteiger charge is 2.20. The Labute approximate surface area is 145 Å². The first-order valence-corrected chi connectivity index (χ1v) is 9.06. The van der Waals surface area contributed by atoms with Crippen LogP contribution in [0.15, 0.2) is 15.0 Å². The van der Waals surface area contributed by atoms with Gasteiger partial charge in [0.05, 0.1) is 5.39 Å². The van der Waals surface area contributed by atoms with E-state index in [0.29, 0.717) is 16.8 Å². The summed E-state index contributed by atoms with van der Waals surface area (Å²) in [6.07, 6.45) is 1.79. The average molecular weight is 351 g/mol. The number of hydrogen-bond donors (Lipinski definition) is 1. The zero-order chi connectivity index (χ0) is 18.1. The zero-order valence-corrected chi connectivity index (χ0v) is 15.7. The van der Waals surface area contributed by atoms with E-state index >= 15 is 0 Å². The molecule has 2 heterocycles. The van der Waals surface area contributed by atoms with Gasteiger partial charge in [-0.25, -0.2) is 4.79 Å². The molecule has 0 unspecified atom stereocenters. The number of aromatic nitrogens is 2. The van der Waals surface area contributed by atoms with Gasteiger partial charge in [0.25, 0.3) is 5.56 Å². The van der Waals surface area contributed by atoms with Gasteiger partial charge >= 0.3 is 5.69 Å². The van der Waals surface area contributed by atoms with Crippen molar-refractivity contribution in [1.82, 2.24) is 14.5 Å². The fraction of sp³-hybridized carbons (Fsp3) is 0.588. The van der Waals surface area contributed by atoms with Gasteiger partial charge in [0, 0.05) is 12.1 Å². The third-order valence-corrected chi connectivity index (χ3v) is 4.79. The van der Waals surface area contributed by atoms with Crippen LogP contribution in [0, 0.1) is 6.92 Å². The highest BCUT2D eigenvalue weighted by Crippen LogP contribution is 2.21. The van der Waals surface area contributed by atoms with Crippen LogP contribution in [0.2, 0.25) is 0 Å². The van der Waals surface area contributed by atoms with Crippen molar-refractivity contribution >= 4 is 27.5 Å². The molecule has 0 saturated heterocycles. The van der Waals surface area contributed by atoms with E-state index < -0.39 is 11.2 Å². The molecule has 132 valence electrons. The van der Waals surface area contributed by atoms with Crippen molar-refractivity contribution in [2.45, 2.75) is 66.1 Å². The largest absolute Gasteiger partial charge is 0.350 e. The second-order valence-electron chi connectivity index (χ2n) is 7.08. The second-order valence-corrected chi connectivity index (χ2v) is 7.93. The van der Waals surface area contributed by atoms with Gasteiger partial charge in [-0.15, -0.1) is 11.3 Å². The molecule has 0 radical (unpaired) electrons. The van der Waals surface area contributed by atoms with Crippen LogP contribution < -0.4 is 16.6 Å². The molecule has 2 rings (SSSR count). The number of fused-ring (bicyclic) bond motifs is 1. The van der Waals surface area contributed by atoms with Crippen LogP contribution in [0.5, 0.6) is 0 Å². The van der Waals surface area contributed by atoms with Crippen molar-refractivity contribution in [3.8, 4) is 0 Å². The summed E-state index contributed by atoms with van der Waals surface area (Å²) in [6.45, 7) is 9.78. The predicted octanol–water partition coefficient (Wildman–Crippen LogP) is 2.25. The van der Waals surface area contributed by atoms with Gasteiger partial charge in [0.1, 0.15) is 11.4 Å². The molecule has 0 aromatic carbocycles. The third kappa shape index (κ3) is 3.77. The number of carbonyl (C=O) groups excluding carboxylic acids is 1. The minimum absolute atomic E-state index is 0.258. The van der Waals surface area contributed by atoms with Gasteiger partial charge in [-0.05, 0) is 45.1 Å². The topological polar surface area (TPSA) is 73.1 Å². The van der Waals surface area contributed by atoms with Crippen molar-refractivity contribution in [3.63, 3.8) is 0 Å². The number of nitrogens with one attached hydrogen (secondary N) is 1. The molecule has 1 amide bonds. The van der Waals surface area contributed by atoms with Crippen molar-refractivity contribution < 1.29 is 4.79 Å². The Morgan fingerprint density at radius 1 is 1.25 bits per heavy atom. The summed E-state index contributed by atoms with van der Waals surface area (Å²) in [5.74, 6) is -0.337. The minimum Gasteiger partial charge on any atom is -0.350 e. The van der Waals surface area contributed by atoms with Gasteiger partial charge in [-0.3, -0.25) is 18.7 Å². The molecule has 6 nitrogen and oxygen atoms in total. The van der Waals surface area contributed by atoms with Gasteiger partial charge in [0.2, 0.25) is 5.91 Å². The highest BCUT2D eigenvalue weighted by molar-refractivity contribution is 7.17.